The fourth-order valence-corrected chi connectivity index (χ4v) is 4.99. The van der Waals surface area contributed by atoms with Gasteiger partial charge >= 0.3 is 0 Å². The van der Waals surface area contributed by atoms with E-state index in [1.54, 1.807) is 61.5 Å². The van der Waals surface area contributed by atoms with Gasteiger partial charge in [-0.2, -0.15) is 0 Å². The molecule has 0 bridgehead atoms. The molecule has 0 aliphatic rings. The summed E-state index contributed by atoms with van der Waals surface area (Å²) in [6.07, 6.45) is 0. The number of aryl methyl sites for hydroxylation is 2. The van der Waals surface area contributed by atoms with Gasteiger partial charge in [-0.1, -0.05) is 52.8 Å². The topological polar surface area (TPSA) is 101 Å². The highest BCUT2D eigenvalue weighted by Gasteiger charge is 2.17. The Morgan fingerprint density at radius 2 is 1.64 bits per heavy atom. The van der Waals surface area contributed by atoms with Crippen molar-refractivity contribution in [1.82, 2.24) is 10.2 Å². The summed E-state index contributed by atoms with van der Waals surface area (Å²) in [6, 6.07) is 18.5. The quantitative estimate of drug-likeness (QED) is 0.364. The molecule has 1 aromatic heterocycles. The summed E-state index contributed by atoms with van der Waals surface area (Å²) in [7, 11) is -3.74. The van der Waals surface area contributed by atoms with Gasteiger partial charge in [0.05, 0.1) is 10.6 Å². The summed E-state index contributed by atoms with van der Waals surface area (Å²) < 4.78 is 27.9. The zero-order valence-corrected chi connectivity index (χ0v) is 20.1. The third-order valence-electron chi connectivity index (χ3n) is 4.80. The van der Waals surface area contributed by atoms with Gasteiger partial charge in [-0.3, -0.25) is 14.8 Å². The second-order valence-corrected chi connectivity index (χ2v) is 10.4. The van der Waals surface area contributed by atoms with Crippen molar-refractivity contribution in [2.45, 2.75) is 18.7 Å². The molecule has 7 nitrogen and oxygen atoms in total. The van der Waals surface area contributed by atoms with Crippen LogP contribution in [0.15, 0.2) is 71.6 Å². The molecule has 0 atom stereocenters. The van der Waals surface area contributed by atoms with E-state index in [9.17, 15) is 13.2 Å². The maximum atomic E-state index is 12.7. The molecule has 10 heteroatoms. The van der Waals surface area contributed by atoms with Gasteiger partial charge in [-0.15, -0.1) is 10.2 Å². The number of carbonyl (C=O) groups is 1. The zero-order valence-electron chi connectivity index (χ0n) is 17.7. The van der Waals surface area contributed by atoms with Gasteiger partial charge in [0, 0.05) is 16.1 Å². The number of amides is 1. The summed E-state index contributed by atoms with van der Waals surface area (Å²) in [5.74, 6) is -0.371. The predicted octanol–water partition coefficient (Wildman–Crippen LogP) is 5.53. The third-order valence-corrected chi connectivity index (χ3v) is 7.32. The number of carbonyl (C=O) groups excluding carboxylic acids is 1. The number of nitrogens with one attached hydrogen (secondary N) is 2. The Balaban J connectivity index is 1.47. The molecule has 0 saturated carbocycles. The molecule has 1 heterocycles. The van der Waals surface area contributed by atoms with Gasteiger partial charge in [-0.05, 0) is 61.9 Å². The van der Waals surface area contributed by atoms with Gasteiger partial charge in [0.15, 0.2) is 0 Å². The van der Waals surface area contributed by atoms with Crippen molar-refractivity contribution in [1.29, 1.82) is 0 Å². The van der Waals surface area contributed by atoms with Crippen molar-refractivity contribution in [3.05, 3.63) is 88.4 Å². The zero-order chi connectivity index (χ0) is 23.6. The lowest BCUT2D eigenvalue weighted by Gasteiger charge is -2.12. The second-order valence-electron chi connectivity index (χ2n) is 7.32. The number of benzene rings is 3. The van der Waals surface area contributed by atoms with E-state index in [1.165, 1.54) is 11.3 Å². The molecule has 33 heavy (non-hydrogen) atoms. The van der Waals surface area contributed by atoms with E-state index in [-0.39, 0.29) is 10.8 Å². The SMILES string of the molecule is Cc1ccc(S(=O)(=O)Nc2ccc(C(=O)Nc3nnc(-c4ccc(Cl)cc4)s3)cc2C)cc1. The molecule has 4 aromatic rings. The lowest BCUT2D eigenvalue weighted by Crippen LogP contribution is -2.15. The highest BCUT2D eigenvalue weighted by molar-refractivity contribution is 7.92. The molecule has 0 fully saturated rings. The van der Waals surface area contributed by atoms with Gasteiger partial charge < -0.3 is 0 Å². The molecule has 0 aliphatic carbocycles. The number of halogens is 1. The predicted molar refractivity (Wildman–Crippen MR) is 131 cm³/mol. The van der Waals surface area contributed by atoms with Crippen molar-refractivity contribution in [3.8, 4) is 10.6 Å². The molecule has 0 saturated heterocycles. The lowest BCUT2D eigenvalue weighted by molar-refractivity contribution is 0.102. The average Bonchev–Trinajstić information content (AvgIpc) is 3.24. The smallest absolute Gasteiger partial charge is 0.261 e. The maximum Gasteiger partial charge on any atom is 0.261 e. The van der Waals surface area contributed by atoms with Crippen LogP contribution < -0.4 is 10.0 Å². The molecular weight excluding hydrogens is 480 g/mol. The van der Waals surface area contributed by atoms with Crippen LogP contribution in [0.4, 0.5) is 10.8 Å². The summed E-state index contributed by atoms with van der Waals surface area (Å²) in [5, 5.41) is 12.5. The highest BCUT2D eigenvalue weighted by Crippen LogP contribution is 2.28. The maximum absolute atomic E-state index is 12.7. The van der Waals surface area contributed by atoms with Crippen molar-refractivity contribution >= 4 is 49.7 Å². The van der Waals surface area contributed by atoms with E-state index in [1.807, 2.05) is 19.1 Å². The summed E-state index contributed by atoms with van der Waals surface area (Å²) >= 11 is 7.15. The minimum absolute atomic E-state index is 0.169. The molecule has 2 N–H and O–H groups in total. The van der Waals surface area contributed by atoms with Crippen LogP contribution >= 0.6 is 22.9 Å². The molecule has 168 valence electrons. The number of hydrogen-bond acceptors (Lipinski definition) is 6. The van der Waals surface area contributed by atoms with Crippen molar-refractivity contribution < 1.29 is 13.2 Å². The molecule has 3 aromatic carbocycles. The first kappa shape index (κ1) is 22.9. The molecular formula is C23H19ClN4O3S2. The van der Waals surface area contributed by atoms with Crippen molar-refractivity contribution in [2.24, 2.45) is 0 Å². The molecule has 0 aliphatic heterocycles. The van der Waals surface area contributed by atoms with E-state index >= 15 is 0 Å². The molecule has 0 radical (unpaired) electrons. The lowest BCUT2D eigenvalue weighted by atomic mass is 10.1. The number of aromatic nitrogens is 2. The van der Waals surface area contributed by atoms with Crippen LogP contribution in [0, 0.1) is 13.8 Å². The number of rotatable bonds is 6. The number of hydrogen-bond donors (Lipinski definition) is 2. The van der Waals surface area contributed by atoms with E-state index in [0.717, 1.165) is 11.1 Å². The van der Waals surface area contributed by atoms with Crippen LogP contribution in [0.3, 0.4) is 0 Å². The van der Waals surface area contributed by atoms with Crippen LogP contribution in [0.2, 0.25) is 5.02 Å². The number of nitrogens with zero attached hydrogens (tertiary/aromatic N) is 2. The van der Waals surface area contributed by atoms with E-state index in [0.29, 0.717) is 32.0 Å². The summed E-state index contributed by atoms with van der Waals surface area (Å²) in [6.45, 7) is 3.62. The Morgan fingerprint density at radius 3 is 2.30 bits per heavy atom. The Bertz CT molecular complexity index is 1420. The van der Waals surface area contributed by atoms with Crippen LogP contribution in [-0.2, 0) is 10.0 Å². The summed E-state index contributed by atoms with van der Waals surface area (Å²) in [5.41, 5.74) is 3.19. The minimum atomic E-state index is -3.74. The largest absolute Gasteiger partial charge is 0.296 e. The monoisotopic (exact) mass is 498 g/mol. The average molecular weight is 499 g/mol. The standard InChI is InChI=1S/C23H19ClN4O3S2/c1-14-3-10-19(11-4-14)33(30,31)28-20-12-7-17(13-15(20)2)21(29)25-23-27-26-22(32-23)16-5-8-18(24)9-6-16/h3-13,28H,1-2H3,(H,25,27,29). The Labute approximate surface area is 200 Å². The van der Waals surface area contributed by atoms with Gasteiger partial charge in [0.1, 0.15) is 5.01 Å². The van der Waals surface area contributed by atoms with Crippen LogP contribution in [0.1, 0.15) is 21.5 Å². The van der Waals surface area contributed by atoms with Gasteiger partial charge in [-0.25, -0.2) is 8.42 Å². The van der Waals surface area contributed by atoms with Crippen LogP contribution in [0.5, 0.6) is 0 Å². The fourth-order valence-electron chi connectivity index (χ4n) is 2.99. The number of anilines is 2. The Morgan fingerprint density at radius 1 is 0.939 bits per heavy atom. The fraction of sp³-hybridized carbons (Fsp3) is 0.0870. The van der Waals surface area contributed by atoms with Crippen LogP contribution in [0.25, 0.3) is 10.6 Å². The Kier molecular flexibility index (Phi) is 6.46. The molecule has 1 amide bonds. The van der Waals surface area contributed by atoms with Gasteiger partial charge in [0.2, 0.25) is 5.13 Å². The first-order valence-corrected chi connectivity index (χ1v) is 12.5. The number of sulfonamides is 1. The normalized spacial score (nSPS) is 11.2. The molecule has 0 spiro atoms. The van der Waals surface area contributed by atoms with E-state index in [2.05, 4.69) is 20.2 Å². The third kappa shape index (κ3) is 5.39. The first-order valence-electron chi connectivity index (χ1n) is 9.82. The Hall–Kier alpha value is -3.27. The molecule has 4 rings (SSSR count). The minimum Gasteiger partial charge on any atom is -0.296 e. The van der Waals surface area contributed by atoms with Crippen molar-refractivity contribution in [3.63, 3.8) is 0 Å². The van der Waals surface area contributed by atoms with E-state index in [4.69, 9.17) is 11.6 Å². The van der Waals surface area contributed by atoms with E-state index < -0.39 is 10.0 Å². The van der Waals surface area contributed by atoms with Crippen LogP contribution in [-0.4, -0.2) is 24.5 Å². The first-order chi connectivity index (χ1) is 15.7. The summed E-state index contributed by atoms with van der Waals surface area (Å²) in [4.78, 5) is 12.8. The highest BCUT2D eigenvalue weighted by atomic mass is 35.5. The van der Waals surface area contributed by atoms with Gasteiger partial charge in [0.25, 0.3) is 15.9 Å². The molecule has 0 unspecified atom stereocenters. The second kappa shape index (κ2) is 9.30. The van der Waals surface area contributed by atoms with Crippen molar-refractivity contribution in [2.75, 3.05) is 10.0 Å².